The number of amides is 1. The van der Waals surface area contributed by atoms with Gasteiger partial charge in [0.05, 0.1) is 24.1 Å². The number of H-pyrrole nitrogens is 1. The molecule has 162 valence electrons. The van der Waals surface area contributed by atoms with Crippen LogP contribution in [0.15, 0.2) is 83.7 Å². The molecule has 2 N–H and O–H groups in total. The van der Waals surface area contributed by atoms with Crippen LogP contribution in [0.3, 0.4) is 0 Å². The molecule has 0 spiro atoms. The van der Waals surface area contributed by atoms with Crippen LogP contribution in [0.25, 0.3) is 10.9 Å². The summed E-state index contributed by atoms with van der Waals surface area (Å²) in [5.41, 5.74) is 2.38. The Hall–Kier alpha value is -3.71. The number of methoxy groups -OCH3 is 1. The maximum Gasteiger partial charge on any atom is 0.262 e. The number of aromatic nitrogens is 2. The Morgan fingerprint density at radius 2 is 1.66 bits per heavy atom. The molecule has 6 nitrogen and oxygen atoms in total. The van der Waals surface area contributed by atoms with Gasteiger partial charge >= 0.3 is 0 Å². The van der Waals surface area contributed by atoms with Gasteiger partial charge in [0.2, 0.25) is 5.91 Å². The first-order chi connectivity index (χ1) is 15.6. The smallest absolute Gasteiger partial charge is 0.262 e. The second-order valence-corrected chi connectivity index (χ2v) is 7.75. The van der Waals surface area contributed by atoms with Crippen molar-refractivity contribution in [2.45, 2.75) is 19.0 Å². The molecule has 0 aliphatic carbocycles. The van der Waals surface area contributed by atoms with Crippen molar-refractivity contribution in [3.63, 3.8) is 0 Å². The Balaban J connectivity index is 1.55. The monoisotopic (exact) mass is 445 g/mol. The molecule has 3 aromatic carbocycles. The summed E-state index contributed by atoms with van der Waals surface area (Å²) < 4.78 is 6.98. The lowest BCUT2D eigenvalue weighted by Gasteiger charge is -2.20. The predicted molar refractivity (Wildman–Crippen MR) is 127 cm³/mol. The van der Waals surface area contributed by atoms with Crippen LogP contribution in [0.2, 0.25) is 0 Å². The van der Waals surface area contributed by atoms with E-state index in [2.05, 4.69) is 10.3 Å². The summed E-state index contributed by atoms with van der Waals surface area (Å²) in [5, 5.41) is 3.64. The number of hydrogen-bond acceptors (Lipinski definition) is 4. The van der Waals surface area contributed by atoms with Gasteiger partial charge in [-0.15, -0.1) is 0 Å². The van der Waals surface area contributed by atoms with Gasteiger partial charge in [-0.25, -0.2) is 0 Å². The summed E-state index contributed by atoms with van der Waals surface area (Å²) in [5.74, 6) is 0.570. The molecule has 0 saturated heterocycles. The highest BCUT2D eigenvalue weighted by Crippen LogP contribution is 2.24. The van der Waals surface area contributed by atoms with Crippen molar-refractivity contribution in [2.24, 2.45) is 0 Å². The van der Waals surface area contributed by atoms with Crippen molar-refractivity contribution in [2.75, 3.05) is 7.11 Å². The number of benzene rings is 3. The summed E-state index contributed by atoms with van der Waals surface area (Å²) in [6.45, 7) is 0.189. The van der Waals surface area contributed by atoms with Crippen LogP contribution < -0.4 is 15.6 Å². The number of ether oxygens (including phenoxy) is 1. The fourth-order valence-electron chi connectivity index (χ4n) is 3.65. The second-order valence-electron chi connectivity index (χ2n) is 7.37. The second kappa shape index (κ2) is 9.62. The SMILES string of the molecule is COc1ccc(C(NC(=O)CCn2c(=S)[nH]c3ccccc3c2=O)c2ccccc2)cc1. The molecular weight excluding hydrogens is 422 g/mol. The molecule has 32 heavy (non-hydrogen) atoms. The molecule has 1 amide bonds. The number of fused-ring (bicyclic) bond motifs is 1. The Kier molecular flexibility index (Phi) is 6.47. The number of nitrogens with one attached hydrogen (secondary N) is 2. The van der Waals surface area contributed by atoms with E-state index < -0.39 is 0 Å². The Morgan fingerprint density at radius 1 is 1.00 bits per heavy atom. The van der Waals surface area contributed by atoms with Crippen molar-refractivity contribution in [3.05, 3.63) is 105 Å². The molecule has 0 aliphatic heterocycles. The molecule has 7 heteroatoms. The minimum absolute atomic E-state index is 0.120. The average Bonchev–Trinajstić information content (AvgIpc) is 2.83. The molecule has 1 atom stereocenters. The van der Waals surface area contributed by atoms with E-state index in [1.165, 1.54) is 4.57 Å². The van der Waals surface area contributed by atoms with Crippen LogP contribution >= 0.6 is 12.2 Å². The van der Waals surface area contributed by atoms with E-state index in [4.69, 9.17) is 17.0 Å². The van der Waals surface area contributed by atoms with Gasteiger partial charge in [0.15, 0.2) is 4.77 Å². The zero-order valence-corrected chi connectivity index (χ0v) is 18.4. The van der Waals surface area contributed by atoms with Crippen LogP contribution in [-0.2, 0) is 11.3 Å². The Bertz CT molecular complexity index is 1340. The van der Waals surface area contributed by atoms with E-state index in [9.17, 15) is 9.59 Å². The highest BCUT2D eigenvalue weighted by atomic mass is 32.1. The van der Waals surface area contributed by atoms with Gasteiger partial charge in [0, 0.05) is 13.0 Å². The van der Waals surface area contributed by atoms with Gasteiger partial charge < -0.3 is 15.0 Å². The van der Waals surface area contributed by atoms with Gasteiger partial charge in [0.1, 0.15) is 5.75 Å². The standard InChI is InChI=1S/C25H23N3O3S/c1-31-19-13-11-18(12-14-19)23(17-7-3-2-4-8-17)27-22(29)15-16-28-24(30)20-9-5-6-10-21(20)26-25(28)32/h2-14,23H,15-16H2,1H3,(H,26,32)(H,27,29). The fourth-order valence-corrected chi connectivity index (χ4v) is 3.93. The average molecular weight is 446 g/mol. The molecule has 1 unspecified atom stereocenters. The number of carbonyl (C=O) groups is 1. The van der Waals surface area contributed by atoms with Gasteiger partial charge in [-0.3, -0.25) is 14.2 Å². The van der Waals surface area contributed by atoms with Crippen LogP contribution in [-0.4, -0.2) is 22.6 Å². The van der Waals surface area contributed by atoms with Crippen LogP contribution in [0.1, 0.15) is 23.6 Å². The van der Waals surface area contributed by atoms with Crippen molar-refractivity contribution in [1.29, 1.82) is 0 Å². The zero-order chi connectivity index (χ0) is 22.5. The third-order valence-electron chi connectivity index (χ3n) is 5.34. The first kappa shape index (κ1) is 21.5. The molecule has 0 saturated carbocycles. The molecule has 0 fully saturated rings. The lowest BCUT2D eigenvalue weighted by atomic mass is 9.98. The van der Waals surface area contributed by atoms with Gasteiger partial charge in [-0.1, -0.05) is 54.6 Å². The summed E-state index contributed by atoms with van der Waals surface area (Å²) in [6, 6.07) is 24.2. The summed E-state index contributed by atoms with van der Waals surface area (Å²) >= 11 is 5.35. The molecule has 0 aliphatic rings. The maximum absolute atomic E-state index is 12.9. The maximum atomic E-state index is 12.9. The number of hydrogen-bond donors (Lipinski definition) is 2. The number of aromatic amines is 1. The summed E-state index contributed by atoms with van der Waals surface area (Å²) in [4.78, 5) is 28.8. The van der Waals surface area contributed by atoms with Crippen LogP contribution in [0, 0.1) is 4.77 Å². The van der Waals surface area contributed by atoms with Crippen LogP contribution in [0.4, 0.5) is 0 Å². The van der Waals surface area contributed by atoms with Gasteiger partial charge in [0.25, 0.3) is 5.56 Å². The van der Waals surface area contributed by atoms with E-state index in [1.54, 1.807) is 19.2 Å². The molecule has 4 aromatic rings. The molecule has 1 heterocycles. The highest BCUT2D eigenvalue weighted by molar-refractivity contribution is 7.71. The van der Waals surface area contributed by atoms with E-state index in [0.29, 0.717) is 15.7 Å². The quantitative estimate of drug-likeness (QED) is 0.415. The lowest BCUT2D eigenvalue weighted by Crippen LogP contribution is -2.31. The molecule has 0 radical (unpaired) electrons. The van der Waals surface area contributed by atoms with Gasteiger partial charge in [-0.2, -0.15) is 0 Å². The summed E-state index contributed by atoms with van der Waals surface area (Å²) in [7, 11) is 1.62. The minimum Gasteiger partial charge on any atom is -0.497 e. The predicted octanol–water partition coefficient (Wildman–Crippen LogP) is 4.36. The van der Waals surface area contributed by atoms with Gasteiger partial charge in [-0.05, 0) is 47.6 Å². The van der Waals surface area contributed by atoms with E-state index in [0.717, 1.165) is 16.9 Å². The minimum atomic E-state index is -0.322. The van der Waals surface area contributed by atoms with E-state index in [-0.39, 0.29) is 30.5 Å². The summed E-state index contributed by atoms with van der Waals surface area (Å²) in [6.07, 6.45) is 0.120. The number of para-hydroxylation sites is 1. The highest BCUT2D eigenvalue weighted by Gasteiger charge is 2.17. The number of rotatable bonds is 7. The third kappa shape index (κ3) is 4.63. The lowest BCUT2D eigenvalue weighted by molar-refractivity contribution is -0.121. The normalized spacial score (nSPS) is 11.8. The topological polar surface area (TPSA) is 76.1 Å². The Morgan fingerprint density at radius 3 is 2.38 bits per heavy atom. The fraction of sp³-hybridized carbons (Fsp3) is 0.160. The number of carbonyl (C=O) groups excluding carboxylic acids is 1. The van der Waals surface area contributed by atoms with E-state index >= 15 is 0 Å². The first-order valence-corrected chi connectivity index (χ1v) is 10.7. The number of nitrogens with zero attached hydrogens (tertiary/aromatic N) is 1. The first-order valence-electron chi connectivity index (χ1n) is 10.3. The van der Waals surface area contributed by atoms with Crippen molar-refractivity contribution >= 4 is 29.0 Å². The molecule has 1 aromatic heterocycles. The molecule has 0 bridgehead atoms. The van der Waals surface area contributed by atoms with Crippen LogP contribution in [0.5, 0.6) is 5.75 Å². The van der Waals surface area contributed by atoms with E-state index in [1.807, 2.05) is 66.7 Å². The van der Waals surface area contributed by atoms with Crippen molar-refractivity contribution in [1.82, 2.24) is 14.9 Å². The zero-order valence-electron chi connectivity index (χ0n) is 17.6. The largest absolute Gasteiger partial charge is 0.497 e. The van der Waals surface area contributed by atoms with Crippen molar-refractivity contribution in [3.8, 4) is 5.75 Å². The Labute approximate surface area is 190 Å². The third-order valence-corrected chi connectivity index (χ3v) is 5.66. The molecular formula is C25H23N3O3S. The molecule has 4 rings (SSSR count). The van der Waals surface area contributed by atoms with Crippen molar-refractivity contribution < 1.29 is 9.53 Å².